The molecule has 29 nitrogen and oxygen atoms in total. The van der Waals surface area contributed by atoms with Gasteiger partial charge in [-0.05, 0) is 105 Å². The number of alkyl halides is 6. The number of carbonyl (C=O) groups is 4. The third-order valence-electron chi connectivity index (χ3n) is 14.3. The normalized spacial score (nSPS) is 24.2. The molecule has 3 fully saturated rings. The van der Waals surface area contributed by atoms with Crippen molar-refractivity contribution < 1.29 is 95.1 Å². The molecular weight excluding hydrogens is 1330 g/mol. The van der Waals surface area contributed by atoms with Gasteiger partial charge in [-0.25, -0.2) is 14.4 Å². The largest absolute Gasteiger partial charge is 0.471 e. The molecule has 0 saturated carbocycles. The summed E-state index contributed by atoms with van der Waals surface area (Å²) in [6.07, 6.45) is -6.40. The minimum atomic E-state index is -5.37. The number of ether oxygens (including phenoxy) is 4. The van der Waals surface area contributed by atoms with Crippen molar-refractivity contribution in [1.29, 1.82) is 0 Å². The molecule has 38 heteroatoms. The molecule has 0 aromatic carbocycles. The molecule has 6 heterocycles. The minimum absolute atomic E-state index is 0.0665. The SMILES string of the molecule is C=P(C)(C)CC[C@H]1O[C@@H](n2cc(CN(C)C(=O)C(F)(F)F)c(=O)[nH]c2=O)[C@H](O)[C@@H]1O.C=P(C)(C)CC[C@H]1O[C@@H](n2cc(CN(CC(=O)OC(C)(C)C)C(=O)C(F)(F)F)c(=O)[nH]c2=O)[C@H](O)[C@@H]1O.C=P(C)(C)CC[C@H]1O[C@@H](n2cc(CNCC(C)=O)c(=O)[nH]c2=O)[C@H](O)[C@@H]1O. The van der Waals surface area contributed by atoms with Gasteiger partial charge < -0.3 is 64.7 Å². The molecule has 0 spiro atoms. The van der Waals surface area contributed by atoms with Gasteiger partial charge in [0.05, 0.1) is 49.1 Å². The first kappa shape index (κ1) is 80.6. The Hall–Kier alpha value is -5.80. The molecule has 0 unspecified atom stereocenters. The van der Waals surface area contributed by atoms with Gasteiger partial charge >= 0.3 is 47.2 Å². The maximum Gasteiger partial charge on any atom is 0.471 e. The highest BCUT2D eigenvalue weighted by molar-refractivity contribution is 7.72. The fourth-order valence-corrected chi connectivity index (χ4v) is 12.4. The second-order valence-corrected chi connectivity index (χ2v) is 39.1. The number of aromatic nitrogens is 6. The van der Waals surface area contributed by atoms with Gasteiger partial charge in [0.25, 0.3) is 16.7 Å². The first-order chi connectivity index (χ1) is 42.8. The molecule has 94 heavy (non-hydrogen) atoms. The predicted octanol–water partition coefficient (Wildman–Crippen LogP) is -0.803. The maximum atomic E-state index is 13.2. The lowest BCUT2D eigenvalue weighted by Gasteiger charge is -2.26. The number of amides is 2. The van der Waals surface area contributed by atoms with Gasteiger partial charge in [0.2, 0.25) is 0 Å². The van der Waals surface area contributed by atoms with E-state index in [1.165, 1.54) is 33.9 Å². The van der Waals surface area contributed by atoms with E-state index in [-0.39, 0.29) is 39.8 Å². The summed E-state index contributed by atoms with van der Waals surface area (Å²) in [4.78, 5) is 126. The van der Waals surface area contributed by atoms with Crippen LogP contribution in [-0.4, -0.2) is 263 Å². The van der Waals surface area contributed by atoms with Crippen molar-refractivity contribution in [2.75, 3.05) is 78.6 Å². The lowest BCUT2D eigenvalue weighted by molar-refractivity contribution is -0.188. The summed E-state index contributed by atoms with van der Waals surface area (Å²) >= 11 is 0. The van der Waals surface area contributed by atoms with Gasteiger partial charge in [-0.1, -0.05) is 0 Å². The third kappa shape index (κ3) is 23.5. The van der Waals surface area contributed by atoms with Crippen LogP contribution in [0.1, 0.15) is 82.3 Å². The quantitative estimate of drug-likeness (QED) is 0.0334. The predicted molar refractivity (Wildman–Crippen MR) is 340 cm³/mol. The molecule has 6 rings (SSSR count). The number of ketones is 1. The van der Waals surface area contributed by atoms with Crippen molar-refractivity contribution in [2.45, 2.75) is 158 Å². The molecule has 532 valence electrons. The van der Waals surface area contributed by atoms with Crippen molar-refractivity contribution in [2.24, 2.45) is 0 Å². The van der Waals surface area contributed by atoms with Crippen LogP contribution in [0.25, 0.3) is 0 Å². The number of aromatic amines is 3. The van der Waals surface area contributed by atoms with Crippen LogP contribution >= 0.6 is 20.7 Å². The molecular formula is C56H86F6N9O20P3. The Kier molecular flexibility index (Phi) is 27.5. The van der Waals surface area contributed by atoms with Crippen LogP contribution in [0.15, 0.2) is 47.4 Å². The zero-order valence-electron chi connectivity index (χ0n) is 53.8. The van der Waals surface area contributed by atoms with Crippen molar-refractivity contribution in [1.82, 2.24) is 43.8 Å². The highest BCUT2D eigenvalue weighted by Crippen LogP contribution is 2.42. The van der Waals surface area contributed by atoms with Crippen LogP contribution in [0.2, 0.25) is 0 Å². The van der Waals surface area contributed by atoms with E-state index in [2.05, 4.69) is 42.5 Å². The van der Waals surface area contributed by atoms with E-state index in [4.69, 9.17) is 18.9 Å². The molecule has 0 bridgehead atoms. The molecule has 3 aromatic rings. The van der Waals surface area contributed by atoms with Crippen LogP contribution in [0.3, 0.4) is 0 Å². The molecule has 3 aliphatic heterocycles. The number of esters is 1. The number of hydrogen-bond donors (Lipinski definition) is 10. The maximum absolute atomic E-state index is 13.2. The van der Waals surface area contributed by atoms with E-state index in [1.807, 2.05) is 36.6 Å². The molecule has 2 amide bonds. The smallest absolute Gasteiger partial charge is 0.459 e. The van der Waals surface area contributed by atoms with Gasteiger partial charge in [0.15, 0.2) is 18.7 Å². The van der Waals surface area contributed by atoms with E-state index in [0.717, 1.165) is 39.3 Å². The molecule has 10 N–H and O–H groups in total. The lowest BCUT2D eigenvalue weighted by atomic mass is 10.1. The number of halogens is 6. The summed E-state index contributed by atoms with van der Waals surface area (Å²) in [5.74, 6) is -5.79. The second kappa shape index (κ2) is 32.0. The van der Waals surface area contributed by atoms with Gasteiger partial charge in [0.1, 0.15) is 54.6 Å². The zero-order valence-corrected chi connectivity index (χ0v) is 56.5. The third-order valence-corrected chi connectivity index (χ3v) is 18.7. The summed E-state index contributed by atoms with van der Waals surface area (Å²) in [6.45, 7) is 10.9. The number of H-pyrrole nitrogens is 3. The molecule has 0 aliphatic carbocycles. The average Bonchev–Trinajstić information content (AvgIpc) is 1.58. The number of nitrogens with one attached hydrogen (secondary N) is 4. The highest BCUT2D eigenvalue weighted by atomic mass is 31.2. The van der Waals surface area contributed by atoms with Crippen molar-refractivity contribution in [3.63, 3.8) is 0 Å². The molecule has 3 aliphatic rings. The first-order valence-electron chi connectivity index (χ1n) is 29.0. The van der Waals surface area contributed by atoms with Crippen LogP contribution in [0.5, 0.6) is 0 Å². The topological polar surface area (TPSA) is 410 Å². The van der Waals surface area contributed by atoms with E-state index in [0.29, 0.717) is 31.6 Å². The summed E-state index contributed by atoms with van der Waals surface area (Å²) < 4.78 is 102. The molecule has 3 aromatic heterocycles. The van der Waals surface area contributed by atoms with Gasteiger partial charge in [0, 0.05) is 37.7 Å². The second-order valence-electron chi connectivity index (χ2n) is 26.2. The van der Waals surface area contributed by atoms with E-state index in [1.54, 1.807) is 0 Å². The number of aliphatic hydroxyl groups is 6. The number of Topliss-reactive ketones (excluding diaryl/α,β-unsaturated/α-hetero) is 1. The fourth-order valence-electron chi connectivity index (χ4n) is 9.55. The Morgan fingerprint density at radius 3 is 1.19 bits per heavy atom. The number of carbonyl (C=O) groups excluding carboxylic acids is 4. The Morgan fingerprint density at radius 1 is 0.564 bits per heavy atom. The van der Waals surface area contributed by atoms with E-state index >= 15 is 0 Å². The van der Waals surface area contributed by atoms with Gasteiger partial charge in [-0.3, -0.25) is 62.2 Å². The first-order valence-corrected chi connectivity index (χ1v) is 38.2. The number of hydrogen-bond acceptors (Lipinski definition) is 21. The zero-order chi connectivity index (χ0) is 71.9. The van der Waals surface area contributed by atoms with Crippen molar-refractivity contribution >= 4 is 63.1 Å². The van der Waals surface area contributed by atoms with E-state index < -0.39 is 189 Å². The van der Waals surface area contributed by atoms with E-state index in [9.17, 15) is 105 Å². The van der Waals surface area contributed by atoms with Crippen LogP contribution in [0.4, 0.5) is 26.3 Å². The van der Waals surface area contributed by atoms with Gasteiger partial charge in [-0.2, -0.15) is 26.3 Å². The summed E-state index contributed by atoms with van der Waals surface area (Å²) in [5.41, 5.74) is -7.11. The summed E-state index contributed by atoms with van der Waals surface area (Å²) in [6, 6.07) is 0. The highest BCUT2D eigenvalue weighted by Gasteiger charge is 2.48. The Morgan fingerprint density at radius 2 is 0.883 bits per heavy atom. The number of rotatable bonds is 22. The van der Waals surface area contributed by atoms with Gasteiger partial charge in [-0.15, -0.1) is 39.6 Å². The standard InChI is InChI=1S/C22H33F3N3O8P.C17H25F3N3O6P.C17H28N3O6P/c1-21(2,3)36-14(29)11-27(19(33)22(23,24)25)9-12-10-28(20(34)26-17(12)32)18-16(31)15(30)13(35-18)7-8-37(4,5)6;1-22(15(27)17(18,19)20)7-9-8-23(16(28)21-13(9)26)14-12(25)11(24)10(29-14)5-6-30(2,3)4;1-10(21)7-18-8-11-9-20(17(25)19-15(11)24)16-14(23)13(22)12(26-16)5-6-27(2,3)4/h10,13,15-16,18,30-31H,4,7-9,11H2,1-3,5-6H3,(H,26,32,34);8,10-12,14,24-25H,2,5-7H2,1,3-4H3,(H,21,26,28);9,12-14,16,18,22-23H,2,5-8H2,1,3-4H3,(H,19,24,25)/t13-,15-,16-,18-;10-,11-,12-,14-;12-,13-,14-,16-/m111/s1. The van der Waals surface area contributed by atoms with Crippen molar-refractivity contribution in [3.05, 3.63) is 97.8 Å². The minimum Gasteiger partial charge on any atom is -0.459 e. The monoisotopic (exact) mass is 1410 g/mol. The lowest BCUT2D eigenvalue weighted by Crippen LogP contribution is -2.46. The summed E-state index contributed by atoms with van der Waals surface area (Å²) in [5, 5.41) is 64.9. The van der Waals surface area contributed by atoms with Crippen LogP contribution < -0.4 is 39.1 Å². The van der Waals surface area contributed by atoms with Crippen LogP contribution in [0, 0.1) is 0 Å². The Balaban J connectivity index is 0.000000304. The fraction of sp³-hybridized carbons (Fsp3) is 0.661. The molecule has 0 radical (unpaired) electrons. The number of aliphatic hydroxyl groups excluding tert-OH is 6. The Labute approximate surface area is 534 Å². The molecule has 3 saturated heterocycles. The average molecular weight is 1410 g/mol. The Bertz CT molecular complexity index is 3710. The number of nitrogens with zero attached hydrogens (tertiary/aromatic N) is 5. The molecule has 12 atom stereocenters. The van der Waals surface area contributed by atoms with Crippen LogP contribution in [-0.2, 0) is 57.8 Å². The summed E-state index contributed by atoms with van der Waals surface area (Å²) in [7, 11) is 0.856. The van der Waals surface area contributed by atoms with Crippen molar-refractivity contribution in [3.8, 4) is 0 Å².